The van der Waals surface area contributed by atoms with Crippen LogP contribution in [0.15, 0.2) is 28.7 Å². The fourth-order valence-corrected chi connectivity index (χ4v) is 2.89. The van der Waals surface area contributed by atoms with Crippen LogP contribution in [0.25, 0.3) is 0 Å². The molecule has 0 unspecified atom stereocenters. The molecule has 2 aromatic rings. The lowest BCUT2D eigenvalue weighted by Gasteiger charge is -2.15. The first-order chi connectivity index (χ1) is 12.3. The summed E-state index contributed by atoms with van der Waals surface area (Å²) in [6.45, 7) is 1.70. The Labute approximate surface area is 157 Å². The summed E-state index contributed by atoms with van der Waals surface area (Å²) in [6, 6.07) is 5.44. The topological polar surface area (TPSA) is 70.1 Å². The van der Waals surface area contributed by atoms with Gasteiger partial charge >= 0.3 is 6.18 Å². The predicted molar refractivity (Wildman–Crippen MR) is 96.6 cm³/mol. The van der Waals surface area contributed by atoms with Gasteiger partial charge < -0.3 is 15.7 Å². The van der Waals surface area contributed by atoms with Crippen LogP contribution in [0.5, 0.6) is 0 Å². The van der Waals surface area contributed by atoms with Gasteiger partial charge in [-0.1, -0.05) is 15.9 Å². The van der Waals surface area contributed by atoms with Crippen molar-refractivity contribution in [1.82, 2.24) is 9.97 Å². The molecule has 1 heterocycles. The van der Waals surface area contributed by atoms with Gasteiger partial charge in [-0.15, -0.1) is 0 Å². The third-order valence-electron chi connectivity index (χ3n) is 3.94. The molecule has 9 heteroatoms. The summed E-state index contributed by atoms with van der Waals surface area (Å²) in [5.74, 6) is 1.09. The molecule has 1 atom stereocenters. The van der Waals surface area contributed by atoms with Crippen molar-refractivity contribution in [2.24, 2.45) is 0 Å². The quantitative estimate of drug-likeness (QED) is 0.620. The van der Waals surface area contributed by atoms with Crippen LogP contribution in [0, 0.1) is 0 Å². The van der Waals surface area contributed by atoms with Crippen molar-refractivity contribution in [3.8, 4) is 0 Å². The molecule has 3 N–H and O–H groups in total. The number of hydrogen-bond donors (Lipinski definition) is 3. The van der Waals surface area contributed by atoms with Gasteiger partial charge in [0.1, 0.15) is 5.82 Å². The van der Waals surface area contributed by atoms with E-state index in [0.29, 0.717) is 17.7 Å². The summed E-state index contributed by atoms with van der Waals surface area (Å²) in [7, 11) is 0. The van der Waals surface area contributed by atoms with Crippen LogP contribution in [0.2, 0.25) is 0 Å². The molecule has 0 radical (unpaired) electrons. The van der Waals surface area contributed by atoms with E-state index in [2.05, 4.69) is 36.5 Å². The van der Waals surface area contributed by atoms with E-state index in [1.165, 1.54) is 6.07 Å². The molecular formula is C17H18BrF3N4O. The van der Waals surface area contributed by atoms with Gasteiger partial charge in [0.2, 0.25) is 5.95 Å². The molecule has 1 aromatic carbocycles. The Morgan fingerprint density at radius 3 is 2.62 bits per heavy atom. The zero-order chi connectivity index (χ0) is 18.9. The number of hydrogen-bond acceptors (Lipinski definition) is 5. The number of nitrogens with one attached hydrogen (secondary N) is 2. The molecule has 1 aliphatic rings. The maximum Gasteiger partial charge on any atom is 0.417 e. The average Bonchev–Trinajstić information content (AvgIpc) is 3.40. The van der Waals surface area contributed by atoms with Crippen molar-refractivity contribution >= 4 is 33.4 Å². The summed E-state index contributed by atoms with van der Waals surface area (Å²) in [4.78, 5) is 8.74. The van der Waals surface area contributed by atoms with Crippen molar-refractivity contribution in [3.63, 3.8) is 0 Å². The molecule has 0 spiro atoms. The molecule has 0 bridgehead atoms. The number of benzene rings is 1. The van der Waals surface area contributed by atoms with Gasteiger partial charge in [0.05, 0.1) is 17.9 Å². The molecule has 1 saturated carbocycles. The normalized spacial score (nSPS) is 15.6. The smallest absolute Gasteiger partial charge is 0.394 e. The number of aromatic nitrogens is 2. The van der Waals surface area contributed by atoms with Crippen LogP contribution in [0.3, 0.4) is 0 Å². The highest BCUT2D eigenvalue weighted by Crippen LogP contribution is 2.40. The lowest BCUT2D eigenvalue weighted by Crippen LogP contribution is -2.21. The lowest BCUT2D eigenvalue weighted by atomic mass is 10.2. The third-order valence-corrected chi connectivity index (χ3v) is 4.63. The standard InChI is InChI=1S/C17H18BrF3N4O/c1-9(8-26)22-16-24-14(10-2-3-10)7-15(25-16)23-11-4-5-13(18)12(6-11)17(19,20)21/h4-7,9-10,26H,2-3,8H2,1H3,(H2,22,23,24,25)/t9-/m1/s1. The third kappa shape index (κ3) is 4.64. The summed E-state index contributed by atoms with van der Waals surface area (Å²) >= 11 is 2.93. The number of nitrogens with zero attached hydrogens (tertiary/aromatic N) is 2. The van der Waals surface area contributed by atoms with Crippen LogP contribution in [0.4, 0.5) is 30.6 Å². The van der Waals surface area contributed by atoms with Crippen LogP contribution in [-0.2, 0) is 6.18 Å². The number of aliphatic hydroxyl groups excluding tert-OH is 1. The van der Waals surface area contributed by atoms with E-state index in [4.69, 9.17) is 0 Å². The summed E-state index contributed by atoms with van der Waals surface area (Å²) in [5.41, 5.74) is 0.358. The zero-order valence-electron chi connectivity index (χ0n) is 13.9. The van der Waals surface area contributed by atoms with E-state index < -0.39 is 11.7 Å². The fraction of sp³-hybridized carbons (Fsp3) is 0.412. The molecule has 26 heavy (non-hydrogen) atoms. The maximum atomic E-state index is 13.1. The Morgan fingerprint density at radius 1 is 1.27 bits per heavy atom. The first-order valence-corrected chi connectivity index (χ1v) is 8.95. The first kappa shape index (κ1) is 18.9. The highest BCUT2D eigenvalue weighted by molar-refractivity contribution is 9.10. The second-order valence-corrected chi connectivity index (χ2v) is 7.18. The summed E-state index contributed by atoms with van der Waals surface area (Å²) < 4.78 is 39.2. The van der Waals surface area contributed by atoms with Gasteiger partial charge in [0.25, 0.3) is 0 Å². The van der Waals surface area contributed by atoms with Crippen LogP contribution in [0.1, 0.15) is 36.9 Å². The Hall–Kier alpha value is -1.87. The Morgan fingerprint density at radius 2 is 2.00 bits per heavy atom. The van der Waals surface area contributed by atoms with E-state index in [0.717, 1.165) is 24.6 Å². The molecule has 0 saturated heterocycles. The number of aliphatic hydroxyl groups is 1. The van der Waals surface area contributed by atoms with Gasteiger partial charge in [0.15, 0.2) is 0 Å². The van der Waals surface area contributed by atoms with Crippen molar-refractivity contribution < 1.29 is 18.3 Å². The second kappa shape index (κ2) is 7.40. The predicted octanol–water partition coefficient (Wildman–Crippen LogP) is 4.67. The first-order valence-electron chi connectivity index (χ1n) is 8.16. The minimum atomic E-state index is -4.45. The Bertz CT molecular complexity index is 796. The van der Waals surface area contributed by atoms with Gasteiger partial charge in [-0.3, -0.25) is 0 Å². The van der Waals surface area contributed by atoms with E-state index in [-0.39, 0.29) is 22.8 Å². The largest absolute Gasteiger partial charge is 0.417 e. The molecule has 5 nitrogen and oxygen atoms in total. The minimum Gasteiger partial charge on any atom is -0.394 e. The van der Waals surface area contributed by atoms with Gasteiger partial charge in [-0.25, -0.2) is 4.98 Å². The highest BCUT2D eigenvalue weighted by Gasteiger charge is 2.33. The Balaban J connectivity index is 1.89. The molecule has 1 aliphatic carbocycles. The van der Waals surface area contributed by atoms with Crippen LogP contribution in [-0.4, -0.2) is 27.7 Å². The van der Waals surface area contributed by atoms with E-state index >= 15 is 0 Å². The van der Waals surface area contributed by atoms with Crippen LogP contribution >= 0.6 is 15.9 Å². The number of halogens is 4. The van der Waals surface area contributed by atoms with E-state index in [1.807, 2.05) is 0 Å². The number of alkyl halides is 3. The van der Waals surface area contributed by atoms with Crippen molar-refractivity contribution in [3.05, 3.63) is 40.0 Å². The minimum absolute atomic E-state index is 0.0176. The van der Waals surface area contributed by atoms with E-state index in [9.17, 15) is 18.3 Å². The second-order valence-electron chi connectivity index (χ2n) is 6.32. The highest BCUT2D eigenvalue weighted by atomic mass is 79.9. The summed E-state index contributed by atoms with van der Waals surface area (Å²) in [6.07, 6.45) is -2.39. The summed E-state index contributed by atoms with van der Waals surface area (Å²) in [5, 5.41) is 15.1. The lowest BCUT2D eigenvalue weighted by molar-refractivity contribution is -0.138. The molecule has 140 valence electrons. The molecular weight excluding hydrogens is 413 g/mol. The van der Waals surface area contributed by atoms with Crippen LogP contribution < -0.4 is 10.6 Å². The fourth-order valence-electron chi connectivity index (χ4n) is 2.42. The average molecular weight is 431 g/mol. The zero-order valence-corrected chi connectivity index (χ0v) is 15.5. The number of anilines is 3. The maximum absolute atomic E-state index is 13.1. The van der Waals surface area contributed by atoms with Crippen molar-refractivity contribution in [2.45, 2.75) is 37.9 Å². The SMILES string of the molecule is C[C@H](CO)Nc1nc(Nc2ccc(Br)c(C(F)(F)F)c2)cc(C2CC2)n1. The number of rotatable bonds is 6. The van der Waals surface area contributed by atoms with Gasteiger partial charge in [-0.2, -0.15) is 18.2 Å². The molecule has 1 fully saturated rings. The van der Waals surface area contributed by atoms with E-state index in [1.54, 1.807) is 19.1 Å². The Kier molecular flexibility index (Phi) is 5.38. The van der Waals surface area contributed by atoms with Gasteiger partial charge in [-0.05, 0) is 38.0 Å². The van der Waals surface area contributed by atoms with Gasteiger partial charge in [0, 0.05) is 28.2 Å². The molecule has 0 aliphatic heterocycles. The van der Waals surface area contributed by atoms with Crippen molar-refractivity contribution in [1.29, 1.82) is 0 Å². The molecule has 1 aromatic heterocycles. The molecule has 0 amide bonds. The molecule has 3 rings (SSSR count). The van der Waals surface area contributed by atoms with Crippen molar-refractivity contribution in [2.75, 3.05) is 17.2 Å². The monoisotopic (exact) mass is 430 g/mol.